The Morgan fingerprint density at radius 3 is 1.88 bits per heavy atom. The molecule has 0 aliphatic carbocycles. The monoisotopic (exact) mass is 343 g/mol. The molecule has 2 aromatic rings. The summed E-state index contributed by atoms with van der Waals surface area (Å²) in [5.74, 6) is -0.726. The molecule has 2 atom stereocenters. The number of esters is 1. The van der Waals surface area contributed by atoms with Crippen LogP contribution in [-0.2, 0) is 27.5 Å². The minimum absolute atomic E-state index is 0.0592. The van der Waals surface area contributed by atoms with E-state index in [1.54, 1.807) is 0 Å². The number of hydrogen-bond donors (Lipinski definition) is 2. The topological polar surface area (TPSA) is 84.9 Å². The highest BCUT2D eigenvalue weighted by atomic mass is 16.6. The fraction of sp³-hybridized carbons (Fsp3) is 0.263. The van der Waals surface area contributed by atoms with Crippen LogP contribution < -0.4 is 5.32 Å². The smallest absolute Gasteiger partial charge is 0.408 e. The van der Waals surface area contributed by atoms with Gasteiger partial charge in [-0.2, -0.15) is 0 Å². The molecular weight excluding hydrogens is 322 g/mol. The first kappa shape index (κ1) is 18.5. The van der Waals surface area contributed by atoms with Crippen LogP contribution in [0.5, 0.6) is 0 Å². The van der Waals surface area contributed by atoms with E-state index in [-0.39, 0.29) is 13.2 Å². The lowest BCUT2D eigenvalue weighted by Gasteiger charge is -2.19. The lowest BCUT2D eigenvalue weighted by molar-refractivity contribution is -0.150. The summed E-state index contributed by atoms with van der Waals surface area (Å²) >= 11 is 0. The molecule has 0 saturated heterocycles. The first-order chi connectivity index (χ1) is 12.1. The number of aliphatic hydroxyl groups excluding tert-OH is 1. The number of hydrogen-bond acceptors (Lipinski definition) is 5. The SMILES string of the molecule is C[C@@H](O)[C@@H](NC(=O)OCc1ccccc1)C(=O)OCc1ccccc1. The van der Waals surface area contributed by atoms with Crippen LogP contribution >= 0.6 is 0 Å². The van der Waals surface area contributed by atoms with Crippen LogP contribution in [-0.4, -0.2) is 29.3 Å². The standard InChI is InChI=1S/C19H21NO5/c1-14(21)17(18(22)24-12-15-8-4-2-5-9-15)20-19(23)25-13-16-10-6-3-7-11-16/h2-11,14,17,21H,12-13H2,1H3,(H,20,23)/t14-,17-/m1/s1. The number of benzene rings is 2. The maximum absolute atomic E-state index is 12.1. The van der Waals surface area contributed by atoms with Crippen LogP contribution in [0.15, 0.2) is 60.7 Å². The van der Waals surface area contributed by atoms with E-state index >= 15 is 0 Å². The number of aliphatic hydroxyl groups is 1. The first-order valence-electron chi connectivity index (χ1n) is 7.92. The van der Waals surface area contributed by atoms with Crippen molar-refractivity contribution in [2.45, 2.75) is 32.3 Å². The van der Waals surface area contributed by atoms with Gasteiger partial charge in [0.2, 0.25) is 0 Å². The third-order valence-electron chi connectivity index (χ3n) is 3.45. The lowest BCUT2D eigenvalue weighted by atomic mass is 10.2. The number of rotatable bonds is 7. The summed E-state index contributed by atoms with van der Waals surface area (Å²) in [7, 11) is 0. The molecule has 2 rings (SSSR count). The average molecular weight is 343 g/mol. The molecule has 25 heavy (non-hydrogen) atoms. The van der Waals surface area contributed by atoms with Crippen LogP contribution in [0.1, 0.15) is 18.1 Å². The zero-order valence-corrected chi connectivity index (χ0v) is 13.9. The number of nitrogens with one attached hydrogen (secondary N) is 1. The van der Waals surface area contributed by atoms with Gasteiger partial charge in [-0.15, -0.1) is 0 Å². The van der Waals surface area contributed by atoms with Crippen molar-refractivity contribution in [2.75, 3.05) is 0 Å². The van der Waals surface area contributed by atoms with Crippen molar-refractivity contribution in [2.24, 2.45) is 0 Å². The normalized spacial score (nSPS) is 12.7. The summed E-state index contributed by atoms with van der Waals surface area (Å²) in [5, 5.41) is 12.1. The third kappa shape index (κ3) is 6.27. The molecule has 2 aromatic carbocycles. The van der Waals surface area contributed by atoms with Gasteiger partial charge in [-0.1, -0.05) is 60.7 Å². The van der Waals surface area contributed by atoms with E-state index in [1.807, 2.05) is 60.7 Å². The van der Waals surface area contributed by atoms with Crippen LogP contribution in [0, 0.1) is 0 Å². The molecule has 6 heteroatoms. The zero-order valence-electron chi connectivity index (χ0n) is 13.9. The quantitative estimate of drug-likeness (QED) is 0.754. The molecule has 0 saturated carbocycles. The summed E-state index contributed by atoms with van der Waals surface area (Å²) in [6.45, 7) is 1.52. The van der Waals surface area contributed by atoms with Crippen LogP contribution in [0.25, 0.3) is 0 Å². The van der Waals surface area contributed by atoms with Gasteiger partial charge < -0.3 is 19.9 Å². The Morgan fingerprint density at radius 1 is 0.920 bits per heavy atom. The van der Waals surface area contributed by atoms with Crippen LogP contribution in [0.3, 0.4) is 0 Å². The van der Waals surface area contributed by atoms with Gasteiger partial charge in [0.25, 0.3) is 0 Å². The second-order valence-electron chi connectivity index (χ2n) is 5.52. The van der Waals surface area contributed by atoms with Crippen molar-refractivity contribution >= 4 is 12.1 Å². The van der Waals surface area contributed by atoms with Gasteiger partial charge in [0.05, 0.1) is 6.10 Å². The molecule has 0 bridgehead atoms. The Kier molecular flexibility index (Phi) is 6.98. The molecule has 2 N–H and O–H groups in total. The second kappa shape index (κ2) is 9.44. The molecule has 6 nitrogen and oxygen atoms in total. The highest BCUT2D eigenvalue weighted by Crippen LogP contribution is 2.05. The Balaban J connectivity index is 1.84. The van der Waals surface area contributed by atoms with Crippen molar-refractivity contribution in [3.63, 3.8) is 0 Å². The van der Waals surface area contributed by atoms with Crippen molar-refractivity contribution in [3.05, 3.63) is 71.8 Å². The average Bonchev–Trinajstić information content (AvgIpc) is 2.64. The summed E-state index contributed by atoms with van der Waals surface area (Å²) < 4.78 is 10.2. The molecule has 0 heterocycles. The maximum Gasteiger partial charge on any atom is 0.408 e. The number of alkyl carbamates (subject to hydrolysis) is 1. The van der Waals surface area contributed by atoms with Crippen LogP contribution in [0.4, 0.5) is 4.79 Å². The van der Waals surface area contributed by atoms with Gasteiger partial charge in [-0.3, -0.25) is 0 Å². The van der Waals surface area contributed by atoms with E-state index in [4.69, 9.17) is 9.47 Å². The Hall–Kier alpha value is -2.86. The molecule has 0 fully saturated rings. The van der Waals surface area contributed by atoms with E-state index in [0.29, 0.717) is 0 Å². The van der Waals surface area contributed by atoms with E-state index < -0.39 is 24.2 Å². The molecule has 132 valence electrons. The fourth-order valence-electron chi connectivity index (χ4n) is 2.09. The Morgan fingerprint density at radius 2 is 1.40 bits per heavy atom. The molecular formula is C19H21NO5. The fourth-order valence-corrected chi connectivity index (χ4v) is 2.09. The van der Waals surface area contributed by atoms with Gasteiger partial charge in [-0.05, 0) is 18.1 Å². The Bertz CT molecular complexity index is 673. The predicted molar refractivity (Wildman–Crippen MR) is 91.5 cm³/mol. The van der Waals surface area contributed by atoms with Gasteiger partial charge in [-0.25, -0.2) is 9.59 Å². The summed E-state index contributed by atoms with van der Waals surface area (Å²) in [6, 6.07) is 17.1. The number of ether oxygens (including phenoxy) is 2. The van der Waals surface area contributed by atoms with Crippen molar-refractivity contribution in [1.29, 1.82) is 0 Å². The number of amides is 1. The van der Waals surface area contributed by atoms with Gasteiger partial charge in [0.15, 0.2) is 6.04 Å². The lowest BCUT2D eigenvalue weighted by Crippen LogP contribution is -2.48. The third-order valence-corrected chi connectivity index (χ3v) is 3.45. The second-order valence-corrected chi connectivity index (χ2v) is 5.52. The van der Waals surface area contributed by atoms with E-state index in [1.165, 1.54) is 6.92 Å². The van der Waals surface area contributed by atoms with E-state index in [9.17, 15) is 14.7 Å². The minimum atomic E-state index is -1.20. The molecule has 0 unspecified atom stereocenters. The maximum atomic E-state index is 12.1. The van der Waals surface area contributed by atoms with Crippen LogP contribution in [0.2, 0.25) is 0 Å². The highest BCUT2D eigenvalue weighted by Gasteiger charge is 2.27. The summed E-state index contributed by atoms with van der Waals surface area (Å²) in [5.41, 5.74) is 1.63. The molecule has 0 spiro atoms. The van der Waals surface area contributed by atoms with Gasteiger partial charge in [0.1, 0.15) is 13.2 Å². The van der Waals surface area contributed by atoms with Crippen molar-refractivity contribution in [1.82, 2.24) is 5.32 Å². The van der Waals surface area contributed by atoms with Gasteiger partial charge >= 0.3 is 12.1 Å². The van der Waals surface area contributed by atoms with E-state index in [0.717, 1.165) is 11.1 Å². The first-order valence-corrected chi connectivity index (χ1v) is 7.92. The highest BCUT2D eigenvalue weighted by molar-refractivity contribution is 5.81. The van der Waals surface area contributed by atoms with Crippen molar-refractivity contribution < 1.29 is 24.2 Å². The number of carbonyl (C=O) groups is 2. The predicted octanol–water partition coefficient (Wildman–Crippen LogP) is 2.41. The van der Waals surface area contributed by atoms with Gasteiger partial charge in [0, 0.05) is 0 Å². The number of carbonyl (C=O) groups excluding carboxylic acids is 2. The Labute approximate surface area is 146 Å². The zero-order chi connectivity index (χ0) is 18.1. The summed E-state index contributed by atoms with van der Waals surface area (Å²) in [6.07, 6.45) is -1.92. The summed E-state index contributed by atoms with van der Waals surface area (Å²) in [4.78, 5) is 24.0. The molecule has 0 radical (unpaired) electrons. The van der Waals surface area contributed by atoms with E-state index in [2.05, 4.69) is 5.32 Å². The minimum Gasteiger partial charge on any atom is -0.459 e. The largest absolute Gasteiger partial charge is 0.459 e. The molecule has 0 aliphatic heterocycles. The molecule has 0 aromatic heterocycles. The molecule has 0 aliphatic rings. The van der Waals surface area contributed by atoms with Crippen molar-refractivity contribution in [3.8, 4) is 0 Å². The molecule has 1 amide bonds.